The molecule has 0 radical (unpaired) electrons. The molecular weight excluding hydrogens is 316 g/mol. The predicted molar refractivity (Wildman–Crippen MR) is 87.8 cm³/mol. The van der Waals surface area contributed by atoms with Crippen LogP contribution in [0.1, 0.15) is 17.3 Å². The minimum atomic E-state index is -0.608. The summed E-state index contributed by atoms with van der Waals surface area (Å²) in [7, 11) is 5.82. The van der Waals surface area contributed by atoms with Crippen LogP contribution in [-0.4, -0.2) is 46.1 Å². The van der Waals surface area contributed by atoms with E-state index in [4.69, 9.17) is 23.7 Å². The number of esters is 1. The molecule has 0 heterocycles. The van der Waals surface area contributed by atoms with Crippen LogP contribution in [0.25, 0.3) is 10.8 Å². The van der Waals surface area contributed by atoms with Crippen molar-refractivity contribution in [2.75, 3.05) is 35.0 Å². The molecule has 1 N–H and O–H groups in total. The van der Waals surface area contributed by atoms with Crippen molar-refractivity contribution in [3.05, 3.63) is 17.7 Å². The second-order valence-corrected chi connectivity index (χ2v) is 4.76. The van der Waals surface area contributed by atoms with Crippen LogP contribution in [0, 0.1) is 0 Å². The molecule has 0 fully saturated rings. The minimum Gasteiger partial charge on any atom is -0.507 e. The van der Waals surface area contributed by atoms with Gasteiger partial charge < -0.3 is 28.8 Å². The third-order valence-corrected chi connectivity index (χ3v) is 3.56. The summed E-state index contributed by atoms with van der Waals surface area (Å²) in [5.74, 6) is 0.480. The molecule has 0 unspecified atom stereocenters. The van der Waals surface area contributed by atoms with Crippen LogP contribution in [0.15, 0.2) is 12.1 Å². The zero-order valence-electron chi connectivity index (χ0n) is 14.3. The van der Waals surface area contributed by atoms with E-state index in [0.29, 0.717) is 28.0 Å². The largest absolute Gasteiger partial charge is 0.507 e. The molecule has 0 aliphatic rings. The van der Waals surface area contributed by atoms with Gasteiger partial charge in [0.05, 0.1) is 45.8 Å². The highest BCUT2D eigenvalue weighted by atomic mass is 16.5. The van der Waals surface area contributed by atoms with Crippen LogP contribution >= 0.6 is 0 Å². The zero-order valence-corrected chi connectivity index (χ0v) is 14.3. The number of aromatic hydroxyl groups is 1. The number of carbonyl (C=O) groups is 1. The van der Waals surface area contributed by atoms with E-state index in [1.807, 2.05) is 0 Å². The Hall–Kier alpha value is -2.83. The number of hydrogen-bond acceptors (Lipinski definition) is 7. The van der Waals surface area contributed by atoms with Gasteiger partial charge in [-0.3, -0.25) is 0 Å². The Morgan fingerprint density at radius 2 is 1.54 bits per heavy atom. The lowest BCUT2D eigenvalue weighted by Crippen LogP contribution is -2.08. The molecular formula is C17H20O7. The van der Waals surface area contributed by atoms with Gasteiger partial charge in [0.25, 0.3) is 0 Å². The second-order valence-electron chi connectivity index (χ2n) is 4.76. The van der Waals surface area contributed by atoms with E-state index in [1.165, 1.54) is 34.5 Å². The third kappa shape index (κ3) is 2.73. The molecule has 2 aromatic rings. The summed E-state index contributed by atoms with van der Waals surface area (Å²) in [4.78, 5) is 12.2. The Bertz CT molecular complexity index is 768. The van der Waals surface area contributed by atoms with Crippen molar-refractivity contribution >= 4 is 16.7 Å². The van der Waals surface area contributed by atoms with Crippen LogP contribution in [0.2, 0.25) is 0 Å². The number of hydrogen-bond donors (Lipinski definition) is 1. The normalized spacial score (nSPS) is 10.4. The molecule has 0 saturated heterocycles. The molecule has 2 rings (SSSR count). The Kier molecular flexibility index (Phi) is 5.23. The van der Waals surface area contributed by atoms with Gasteiger partial charge in [-0.2, -0.15) is 0 Å². The van der Waals surface area contributed by atoms with Crippen LogP contribution in [-0.2, 0) is 4.74 Å². The maximum Gasteiger partial charge on any atom is 0.342 e. The topological polar surface area (TPSA) is 83.5 Å². The van der Waals surface area contributed by atoms with Crippen LogP contribution in [0.4, 0.5) is 0 Å². The fraction of sp³-hybridized carbons (Fsp3) is 0.353. The Morgan fingerprint density at radius 3 is 2.04 bits per heavy atom. The highest BCUT2D eigenvalue weighted by Gasteiger charge is 2.26. The molecule has 130 valence electrons. The van der Waals surface area contributed by atoms with E-state index in [2.05, 4.69) is 0 Å². The SMILES string of the molecule is CCOC(=O)c1cc(O)c2c(OC)c(OC)cc(OC)c2c1OC. The lowest BCUT2D eigenvalue weighted by molar-refractivity contribution is 0.0522. The highest BCUT2D eigenvalue weighted by Crippen LogP contribution is 2.50. The summed E-state index contributed by atoms with van der Waals surface area (Å²) in [5, 5.41) is 11.2. The Morgan fingerprint density at radius 1 is 0.917 bits per heavy atom. The van der Waals surface area contributed by atoms with Crippen LogP contribution < -0.4 is 18.9 Å². The van der Waals surface area contributed by atoms with Crippen molar-refractivity contribution in [2.45, 2.75) is 6.92 Å². The minimum absolute atomic E-state index is 0.0925. The average Bonchev–Trinajstić information content (AvgIpc) is 2.60. The summed E-state index contributed by atoms with van der Waals surface area (Å²) >= 11 is 0. The van der Waals surface area contributed by atoms with Crippen LogP contribution in [0.5, 0.6) is 28.7 Å². The first-order valence-corrected chi connectivity index (χ1v) is 7.23. The van der Waals surface area contributed by atoms with Crippen molar-refractivity contribution in [2.24, 2.45) is 0 Å². The van der Waals surface area contributed by atoms with E-state index in [1.54, 1.807) is 13.0 Å². The molecule has 0 aliphatic carbocycles. The summed E-state index contributed by atoms with van der Waals surface area (Å²) in [5.41, 5.74) is 0.0925. The van der Waals surface area contributed by atoms with Gasteiger partial charge in [0, 0.05) is 6.07 Å². The molecule has 7 nitrogen and oxygen atoms in total. The van der Waals surface area contributed by atoms with Crippen molar-refractivity contribution in [3.8, 4) is 28.7 Å². The molecule has 0 amide bonds. The second kappa shape index (κ2) is 7.16. The van der Waals surface area contributed by atoms with Gasteiger partial charge in [0.1, 0.15) is 22.8 Å². The summed E-state index contributed by atoms with van der Waals surface area (Å²) in [6.45, 7) is 1.89. The average molecular weight is 336 g/mol. The fourth-order valence-electron chi connectivity index (χ4n) is 2.58. The van der Waals surface area contributed by atoms with Crippen molar-refractivity contribution in [1.82, 2.24) is 0 Å². The Labute approximate surface area is 139 Å². The number of methoxy groups -OCH3 is 4. The number of ether oxygens (including phenoxy) is 5. The third-order valence-electron chi connectivity index (χ3n) is 3.56. The van der Waals surface area contributed by atoms with Gasteiger partial charge in [-0.25, -0.2) is 4.79 Å². The first-order chi connectivity index (χ1) is 11.5. The lowest BCUT2D eigenvalue weighted by atomic mass is 10.0. The number of phenols is 1. The van der Waals surface area contributed by atoms with Gasteiger partial charge in [-0.05, 0) is 13.0 Å². The molecule has 24 heavy (non-hydrogen) atoms. The molecule has 0 bridgehead atoms. The molecule has 7 heteroatoms. The molecule has 0 saturated carbocycles. The maximum absolute atomic E-state index is 12.2. The zero-order chi connectivity index (χ0) is 17.9. The van der Waals surface area contributed by atoms with Gasteiger partial charge in [0.15, 0.2) is 11.5 Å². The summed E-state index contributed by atoms with van der Waals surface area (Å²) in [6.07, 6.45) is 0. The number of benzene rings is 2. The molecule has 2 aromatic carbocycles. The molecule has 0 aromatic heterocycles. The smallest absolute Gasteiger partial charge is 0.342 e. The van der Waals surface area contributed by atoms with E-state index < -0.39 is 5.97 Å². The lowest BCUT2D eigenvalue weighted by Gasteiger charge is -2.18. The highest BCUT2D eigenvalue weighted by molar-refractivity contribution is 6.09. The number of fused-ring (bicyclic) bond motifs is 1. The van der Waals surface area contributed by atoms with E-state index in [-0.39, 0.29) is 23.7 Å². The molecule has 0 atom stereocenters. The van der Waals surface area contributed by atoms with Gasteiger partial charge in [-0.1, -0.05) is 0 Å². The summed E-state index contributed by atoms with van der Waals surface area (Å²) in [6, 6.07) is 2.87. The maximum atomic E-state index is 12.2. The monoisotopic (exact) mass is 336 g/mol. The van der Waals surface area contributed by atoms with E-state index in [0.717, 1.165) is 0 Å². The number of phenolic OH excluding ortho intramolecular Hbond substituents is 1. The van der Waals surface area contributed by atoms with Gasteiger partial charge in [0.2, 0.25) is 0 Å². The standard InChI is InChI=1S/C17H20O7/c1-6-24-17(19)9-7-10(18)13-14(15(9)22-4)11(20-2)8-12(21-3)16(13)23-5/h7-8,18H,6H2,1-5H3. The molecule has 0 aliphatic heterocycles. The number of rotatable bonds is 6. The van der Waals surface area contributed by atoms with Crippen LogP contribution in [0.3, 0.4) is 0 Å². The van der Waals surface area contributed by atoms with E-state index in [9.17, 15) is 9.90 Å². The quantitative estimate of drug-likeness (QED) is 0.812. The van der Waals surface area contributed by atoms with Gasteiger partial charge >= 0.3 is 5.97 Å². The fourth-order valence-corrected chi connectivity index (χ4v) is 2.58. The predicted octanol–water partition coefficient (Wildman–Crippen LogP) is 2.76. The van der Waals surface area contributed by atoms with E-state index >= 15 is 0 Å². The molecule has 0 spiro atoms. The number of carbonyl (C=O) groups excluding carboxylic acids is 1. The van der Waals surface area contributed by atoms with Crippen molar-refractivity contribution in [3.63, 3.8) is 0 Å². The van der Waals surface area contributed by atoms with Gasteiger partial charge in [-0.15, -0.1) is 0 Å². The van der Waals surface area contributed by atoms with Crippen molar-refractivity contribution < 1.29 is 33.6 Å². The summed E-state index contributed by atoms with van der Waals surface area (Å²) < 4.78 is 26.5. The first-order valence-electron chi connectivity index (χ1n) is 7.23. The Balaban J connectivity index is 2.97. The van der Waals surface area contributed by atoms with Crippen molar-refractivity contribution in [1.29, 1.82) is 0 Å². The first kappa shape index (κ1) is 17.5.